The summed E-state index contributed by atoms with van der Waals surface area (Å²) in [5.41, 5.74) is 0. The Kier molecular flexibility index (Phi) is 17.8. The molecule has 0 bridgehead atoms. The molecule has 0 radical (unpaired) electrons. The molecule has 2 N–H and O–H groups in total. The summed E-state index contributed by atoms with van der Waals surface area (Å²) in [5, 5.41) is 0. The van der Waals surface area contributed by atoms with Gasteiger partial charge in [-0.15, -0.1) is 0 Å². The van der Waals surface area contributed by atoms with Crippen LogP contribution in [-0.4, -0.2) is 41.0 Å². The van der Waals surface area contributed by atoms with Gasteiger partial charge in [0.15, 0.2) is 6.10 Å². The largest absolute Gasteiger partial charge is 0.469 e. The first kappa shape index (κ1) is 28.8. The van der Waals surface area contributed by atoms with Gasteiger partial charge in [-0.3, -0.25) is 14.1 Å². The highest BCUT2D eigenvalue weighted by molar-refractivity contribution is 7.46. The van der Waals surface area contributed by atoms with Gasteiger partial charge in [0.1, 0.15) is 6.61 Å². The first-order valence-corrected chi connectivity index (χ1v) is 12.5. The molecule has 30 heavy (non-hydrogen) atoms. The lowest BCUT2D eigenvalue weighted by molar-refractivity contribution is -0.161. The number of esters is 2. The van der Waals surface area contributed by atoms with E-state index in [4.69, 9.17) is 19.3 Å². The van der Waals surface area contributed by atoms with Crippen LogP contribution < -0.4 is 0 Å². The van der Waals surface area contributed by atoms with Gasteiger partial charge in [-0.1, -0.05) is 57.6 Å². The van der Waals surface area contributed by atoms with Gasteiger partial charge < -0.3 is 19.3 Å². The Morgan fingerprint density at radius 3 is 2.13 bits per heavy atom. The van der Waals surface area contributed by atoms with E-state index in [0.717, 1.165) is 51.4 Å². The van der Waals surface area contributed by atoms with Gasteiger partial charge in [-0.05, 0) is 32.6 Å². The topological polar surface area (TPSA) is 119 Å². The van der Waals surface area contributed by atoms with Crippen molar-refractivity contribution in [1.29, 1.82) is 0 Å². The lowest BCUT2D eigenvalue weighted by Gasteiger charge is -2.18. The van der Waals surface area contributed by atoms with E-state index in [9.17, 15) is 14.2 Å². The molecule has 176 valence electrons. The maximum absolute atomic E-state index is 12.0. The zero-order chi connectivity index (χ0) is 22.7. The highest BCUT2D eigenvalue weighted by Crippen LogP contribution is 2.35. The molecule has 0 aliphatic carbocycles. The van der Waals surface area contributed by atoms with E-state index < -0.39 is 32.5 Å². The van der Waals surface area contributed by atoms with E-state index in [1.54, 1.807) is 0 Å². The first-order chi connectivity index (χ1) is 14.3. The summed E-state index contributed by atoms with van der Waals surface area (Å²) < 4.78 is 25.6. The fourth-order valence-corrected chi connectivity index (χ4v) is 3.08. The molecule has 0 saturated carbocycles. The summed E-state index contributed by atoms with van der Waals surface area (Å²) in [7, 11) is -4.71. The zero-order valence-electron chi connectivity index (χ0n) is 18.4. The number of unbranched alkanes of at least 4 members (excludes halogenated alkanes) is 8. The number of allylic oxidation sites excluding steroid dienone is 2. The van der Waals surface area contributed by atoms with Crippen molar-refractivity contribution in [2.45, 2.75) is 97.0 Å². The van der Waals surface area contributed by atoms with Gasteiger partial charge in [0.05, 0.1) is 6.61 Å². The Morgan fingerprint density at radius 1 is 0.900 bits per heavy atom. The summed E-state index contributed by atoms with van der Waals surface area (Å²) in [6, 6.07) is 0. The second kappa shape index (κ2) is 18.6. The van der Waals surface area contributed by atoms with E-state index in [1.807, 2.05) is 13.0 Å². The minimum absolute atomic E-state index is 0.201. The van der Waals surface area contributed by atoms with Crippen molar-refractivity contribution < 1.29 is 37.9 Å². The molecule has 0 aromatic rings. The van der Waals surface area contributed by atoms with Crippen molar-refractivity contribution in [3.8, 4) is 0 Å². The zero-order valence-corrected chi connectivity index (χ0v) is 19.3. The predicted octanol–water partition coefficient (Wildman–Crippen LogP) is 4.83. The van der Waals surface area contributed by atoms with Crippen molar-refractivity contribution >= 4 is 19.8 Å². The number of rotatable bonds is 19. The fraction of sp³-hybridized carbons (Fsp3) is 0.810. The van der Waals surface area contributed by atoms with E-state index in [0.29, 0.717) is 12.8 Å². The summed E-state index contributed by atoms with van der Waals surface area (Å²) in [5.74, 6) is -0.927. The Morgan fingerprint density at radius 2 is 1.50 bits per heavy atom. The van der Waals surface area contributed by atoms with E-state index in [-0.39, 0.29) is 19.4 Å². The molecule has 0 unspecified atom stereocenters. The predicted molar refractivity (Wildman–Crippen MR) is 115 cm³/mol. The normalized spacial score (nSPS) is 12.8. The smallest absolute Gasteiger partial charge is 0.462 e. The van der Waals surface area contributed by atoms with Crippen molar-refractivity contribution in [3.63, 3.8) is 0 Å². The number of phosphoric acid groups is 1. The average Bonchev–Trinajstić information content (AvgIpc) is 2.68. The highest BCUT2D eigenvalue weighted by atomic mass is 31.2. The number of carbonyl (C=O) groups is 2. The van der Waals surface area contributed by atoms with E-state index in [1.165, 1.54) is 0 Å². The maximum atomic E-state index is 12.0. The number of phosphoric ester groups is 1. The van der Waals surface area contributed by atoms with Gasteiger partial charge in [0.2, 0.25) is 0 Å². The van der Waals surface area contributed by atoms with Crippen molar-refractivity contribution in [2.75, 3.05) is 13.2 Å². The lowest BCUT2D eigenvalue weighted by atomic mass is 10.1. The Balaban J connectivity index is 4.21. The number of hydrogen-bond donors (Lipinski definition) is 2. The van der Waals surface area contributed by atoms with Gasteiger partial charge in [0.25, 0.3) is 0 Å². The van der Waals surface area contributed by atoms with Crippen LogP contribution in [-0.2, 0) is 28.2 Å². The third-order valence-electron chi connectivity index (χ3n) is 4.38. The van der Waals surface area contributed by atoms with Crippen LogP contribution in [0, 0.1) is 0 Å². The second-order valence-electron chi connectivity index (χ2n) is 7.27. The second-order valence-corrected chi connectivity index (χ2v) is 8.51. The third-order valence-corrected chi connectivity index (χ3v) is 4.86. The molecule has 0 saturated heterocycles. The SMILES string of the molecule is C/C=C/CCCCCCCC(=O)O[C@H](COC(=O)CCCCCC)COP(=O)(O)O. The Bertz CT molecular complexity index is 529. The average molecular weight is 451 g/mol. The molecule has 0 amide bonds. The maximum Gasteiger partial charge on any atom is 0.469 e. The molecule has 1 atom stereocenters. The minimum Gasteiger partial charge on any atom is -0.462 e. The molecule has 9 heteroatoms. The Labute approximate surface area is 180 Å². The molecular formula is C21H39O8P. The third kappa shape index (κ3) is 20.1. The summed E-state index contributed by atoms with van der Waals surface area (Å²) in [6.45, 7) is 3.25. The summed E-state index contributed by atoms with van der Waals surface area (Å²) in [4.78, 5) is 41.5. The standard InChI is InChI=1S/C21H39O8P/c1-3-5-7-9-10-11-12-14-16-21(23)29-19(18-28-30(24,25)26)17-27-20(22)15-13-8-6-4-2/h3,5,19H,4,6-18H2,1-2H3,(H2,24,25,26)/b5-3+/t19-/m1/s1. The van der Waals surface area contributed by atoms with Gasteiger partial charge >= 0.3 is 19.8 Å². The van der Waals surface area contributed by atoms with Gasteiger partial charge in [-0.25, -0.2) is 4.57 Å². The molecular weight excluding hydrogens is 411 g/mol. The van der Waals surface area contributed by atoms with Crippen molar-refractivity contribution in [3.05, 3.63) is 12.2 Å². The summed E-state index contributed by atoms with van der Waals surface area (Å²) in [6.07, 6.45) is 13.2. The van der Waals surface area contributed by atoms with Crippen LogP contribution >= 0.6 is 7.82 Å². The fourth-order valence-electron chi connectivity index (χ4n) is 2.72. The highest BCUT2D eigenvalue weighted by Gasteiger charge is 2.22. The summed E-state index contributed by atoms with van der Waals surface area (Å²) >= 11 is 0. The van der Waals surface area contributed by atoms with Gasteiger partial charge in [-0.2, -0.15) is 0 Å². The molecule has 8 nitrogen and oxygen atoms in total. The first-order valence-electron chi connectivity index (χ1n) is 10.9. The van der Waals surface area contributed by atoms with Crippen molar-refractivity contribution in [2.24, 2.45) is 0 Å². The quantitative estimate of drug-likeness (QED) is 0.124. The lowest BCUT2D eigenvalue weighted by Crippen LogP contribution is -2.29. The van der Waals surface area contributed by atoms with Crippen LogP contribution in [0.3, 0.4) is 0 Å². The van der Waals surface area contributed by atoms with Crippen molar-refractivity contribution in [1.82, 2.24) is 0 Å². The number of carbonyl (C=O) groups excluding carboxylic acids is 2. The molecule has 0 aromatic heterocycles. The number of ether oxygens (including phenoxy) is 2. The minimum atomic E-state index is -4.71. The molecule has 0 spiro atoms. The molecule has 0 heterocycles. The van der Waals surface area contributed by atoms with E-state index >= 15 is 0 Å². The van der Waals surface area contributed by atoms with Crippen LogP contribution in [0.4, 0.5) is 0 Å². The van der Waals surface area contributed by atoms with Crippen LogP contribution in [0.2, 0.25) is 0 Å². The number of hydrogen-bond acceptors (Lipinski definition) is 6. The van der Waals surface area contributed by atoms with Crippen LogP contribution in [0.25, 0.3) is 0 Å². The van der Waals surface area contributed by atoms with Crippen LogP contribution in [0.15, 0.2) is 12.2 Å². The van der Waals surface area contributed by atoms with E-state index in [2.05, 4.69) is 17.5 Å². The molecule has 0 fully saturated rings. The monoisotopic (exact) mass is 450 g/mol. The molecule has 0 rings (SSSR count). The van der Waals surface area contributed by atoms with Crippen LogP contribution in [0.5, 0.6) is 0 Å². The molecule has 0 aromatic carbocycles. The molecule has 0 aliphatic heterocycles. The molecule has 0 aliphatic rings. The van der Waals surface area contributed by atoms with Crippen LogP contribution in [0.1, 0.15) is 90.9 Å². The Hall–Kier alpha value is -1.21. The van der Waals surface area contributed by atoms with Gasteiger partial charge in [0, 0.05) is 12.8 Å².